The lowest BCUT2D eigenvalue weighted by atomic mass is 10.0. The number of nitro benzene ring substituents is 1. The van der Waals surface area contributed by atoms with Crippen LogP contribution in [0, 0.1) is 16.0 Å². The lowest BCUT2D eigenvalue weighted by Crippen LogP contribution is -2.21. The second-order valence-electron chi connectivity index (χ2n) is 5.54. The Morgan fingerprint density at radius 1 is 1.42 bits per heavy atom. The van der Waals surface area contributed by atoms with Crippen molar-refractivity contribution in [2.75, 3.05) is 18.5 Å². The van der Waals surface area contributed by atoms with Gasteiger partial charge in [-0.3, -0.25) is 19.9 Å². The third kappa shape index (κ3) is 4.60. The van der Waals surface area contributed by atoms with Crippen LogP contribution < -0.4 is 5.32 Å². The number of nitrogens with zero attached hydrogens (tertiary/aromatic N) is 2. The molecule has 0 unspecified atom stereocenters. The fourth-order valence-electron chi connectivity index (χ4n) is 2.36. The second-order valence-corrected chi connectivity index (χ2v) is 5.54. The van der Waals surface area contributed by atoms with Gasteiger partial charge in [-0.05, 0) is 37.1 Å². The number of nitrogens with one attached hydrogen (secondary N) is 1. The molecular weight excluding hydrogens is 310 g/mol. The van der Waals surface area contributed by atoms with Crippen molar-refractivity contribution in [1.82, 2.24) is 4.98 Å². The summed E-state index contributed by atoms with van der Waals surface area (Å²) in [6, 6.07) is 8.07. The summed E-state index contributed by atoms with van der Waals surface area (Å²) in [5.41, 5.74) is 1.46. The first-order valence-electron chi connectivity index (χ1n) is 7.54. The van der Waals surface area contributed by atoms with Gasteiger partial charge >= 0.3 is 0 Å². The van der Waals surface area contributed by atoms with Crippen molar-refractivity contribution in [3.8, 4) is 0 Å². The monoisotopic (exact) mass is 329 g/mol. The number of aromatic nitrogens is 1. The minimum Gasteiger partial charge on any atom is -0.396 e. The quantitative estimate of drug-likeness (QED) is 0.438. The molecule has 0 aliphatic rings. The number of rotatable bonds is 8. The molecule has 0 spiro atoms. The summed E-state index contributed by atoms with van der Waals surface area (Å²) in [7, 11) is 0. The number of pyridine rings is 1. The van der Waals surface area contributed by atoms with E-state index >= 15 is 0 Å². The highest BCUT2D eigenvalue weighted by molar-refractivity contribution is 5.95. The Bertz CT molecular complexity index is 719. The number of hydrogen-bond donors (Lipinski definition) is 2. The fourth-order valence-corrected chi connectivity index (χ4v) is 2.36. The molecule has 1 heterocycles. The van der Waals surface area contributed by atoms with Crippen LogP contribution in [0.15, 0.2) is 42.7 Å². The second kappa shape index (κ2) is 8.16. The summed E-state index contributed by atoms with van der Waals surface area (Å²) >= 11 is 0. The molecule has 2 aromatic rings. The highest BCUT2D eigenvalue weighted by atomic mass is 16.6. The van der Waals surface area contributed by atoms with Gasteiger partial charge in [0.15, 0.2) is 5.78 Å². The van der Waals surface area contributed by atoms with E-state index in [-0.39, 0.29) is 24.0 Å². The Morgan fingerprint density at radius 2 is 2.21 bits per heavy atom. The summed E-state index contributed by atoms with van der Waals surface area (Å²) in [6.45, 7) is 1.68. The van der Waals surface area contributed by atoms with Crippen LogP contribution in [-0.2, 0) is 6.42 Å². The van der Waals surface area contributed by atoms with E-state index in [1.165, 1.54) is 19.1 Å². The molecule has 0 aliphatic carbocycles. The molecule has 0 saturated heterocycles. The van der Waals surface area contributed by atoms with Gasteiger partial charge in [-0.2, -0.15) is 0 Å². The van der Waals surface area contributed by atoms with Gasteiger partial charge in [0.05, 0.1) is 4.92 Å². The third-order valence-corrected chi connectivity index (χ3v) is 3.69. The van der Waals surface area contributed by atoms with Gasteiger partial charge in [0.25, 0.3) is 5.69 Å². The smallest absolute Gasteiger partial charge is 0.293 e. The van der Waals surface area contributed by atoms with Gasteiger partial charge in [-0.1, -0.05) is 6.07 Å². The average molecular weight is 329 g/mol. The first kappa shape index (κ1) is 17.6. The van der Waals surface area contributed by atoms with Crippen molar-refractivity contribution in [3.05, 3.63) is 64.0 Å². The van der Waals surface area contributed by atoms with Crippen LogP contribution in [0.4, 0.5) is 11.4 Å². The zero-order chi connectivity index (χ0) is 17.5. The first-order chi connectivity index (χ1) is 11.5. The molecule has 0 radical (unpaired) electrons. The number of Topliss-reactive ketones (excluding diaryl/α,β-unsaturated/α-hetero) is 1. The minimum atomic E-state index is -0.524. The summed E-state index contributed by atoms with van der Waals surface area (Å²) in [5, 5.41) is 23.7. The van der Waals surface area contributed by atoms with Gasteiger partial charge in [-0.25, -0.2) is 0 Å². The van der Waals surface area contributed by atoms with Crippen LogP contribution in [0.3, 0.4) is 0 Å². The van der Waals surface area contributed by atoms with E-state index in [4.69, 9.17) is 0 Å². The maximum atomic E-state index is 11.4. The zero-order valence-corrected chi connectivity index (χ0v) is 13.3. The lowest BCUT2D eigenvalue weighted by Gasteiger charge is -2.16. The Balaban J connectivity index is 2.09. The molecule has 7 heteroatoms. The van der Waals surface area contributed by atoms with Gasteiger partial charge in [0.2, 0.25) is 0 Å². The predicted octanol–water partition coefficient (Wildman–Crippen LogP) is 2.46. The van der Waals surface area contributed by atoms with E-state index in [1.807, 2.05) is 12.1 Å². The minimum absolute atomic E-state index is 0.0543. The molecule has 0 fully saturated rings. The van der Waals surface area contributed by atoms with Crippen LogP contribution in [0.5, 0.6) is 0 Å². The summed E-state index contributed by atoms with van der Waals surface area (Å²) in [6.07, 6.45) is 4.01. The molecule has 2 N–H and O–H groups in total. The van der Waals surface area contributed by atoms with Crippen LogP contribution in [0.2, 0.25) is 0 Å². The van der Waals surface area contributed by atoms with Crippen molar-refractivity contribution in [2.45, 2.75) is 13.3 Å². The van der Waals surface area contributed by atoms with Crippen molar-refractivity contribution in [3.63, 3.8) is 0 Å². The molecule has 0 bridgehead atoms. The van der Waals surface area contributed by atoms with E-state index in [9.17, 15) is 20.0 Å². The first-order valence-corrected chi connectivity index (χ1v) is 7.54. The summed E-state index contributed by atoms with van der Waals surface area (Å²) < 4.78 is 0. The molecule has 0 saturated carbocycles. The Kier molecular flexibility index (Phi) is 5.97. The molecule has 1 aromatic carbocycles. The van der Waals surface area contributed by atoms with E-state index in [2.05, 4.69) is 10.3 Å². The Hall–Kier alpha value is -2.80. The molecule has 7 nitrogen and oxygen atoms in total. The van der Waals surface area contributed by atoms with Gasteiger partial charge in [-0.15, -0.1) is 0 Å². The van der Waals surface area contributed by atoms with E-state index in [0.29, 0.717) is 24.2 Å². The van der Waals surface area contributed by atoms with Crippen LogP contribution in [0.25, 0.3) is 0 Å². The van der Waals surface area contributed by atoms with Crippen molar-refractivity contribution in [1.29, 1.82) is 0 Å². The van der Waals surface area contributed by atoms with Gasteiger partial charge < -0.3 is 10.4 Å². The number of benzene rings is 1. The van der Waals surface area contributed by atoms with Crippen LogP contribution in [0.1, 0.15) is 22.8 Å². The lowest BCUT2D eigenvalue weighted by molar-refractivity contribution is -0.384. The highest BCUT2D eigenvalue weighted by Crippen LogP contribution is 2.26. The molecule has 126 valence electrons. The molecule has 1 atom stereocenters. The molecule has 1 aromatic heterocycles. The maximum Gasteiger partial charge on any atom is 0.293 e. The van der Waals surface area contributed by atoms with E-state index < -0.39 is 4.92 Å². The number of ketones is 1. The number of nitro groups is 1. The highest BCUT2D eigenvalue weighted by Gasteiger charge is 2.17. The largest absolute Gasteiger partial charge is 0.396 e. The fraction of sp³-hybridized carbons (Fsp3) is 0.294. The third-order valence-electron chi connectivity index (χ3n) is 3.69. The normalized spacial score (nSPS) is 11.8. The van der Waals surface area contributed by atoms with Gasteiger partial charge in [0.1, 0.15) is 5.69 Å². The summed E-state index contributed by atoms with van der Waals surface area (Å²) in [4.78, 5) is 26.1. The van der Waals surface area contributed by atoms with Crippen LogP contribution >= 0.6 is 0 Å². The average Bonchev–Trinajstić information content (AvgIpc) is 2.59. The standard InChI is InChI=1S/C17H19N3O4/c1-12(22)15-4-5-16(17(8-15)20(23)24)19-10-14(11-21)7-13-3-2-6-18-9-13/h2-6,8-9,14,19,21H,7,10-11H2,1H3/t14-/m0/s1. The predicted molar refractivity (Wildman–Crippen MR) is 90.1 cm³/mol. The number of anilines is 1. The SMILES string of the molecule is CC(=O)c1ccc(NC[C@@H](CO)Cc2cccnc2)c([N+](=O)[O-])c1. The molecule has 0 amide bonds. The number of carbonyl (C=O) groups is 1. The number of carbonyl (C=O) groups excluding carboxylic acids is 1. The van der Waals surface area contributed by atoms with Crippen LogP contribution in [-0.4, -0.2) is 33.9 Å². The Morgan fingerprint density at radius 3 is 2.79 bits per heavy atom. The number of aliphatic hydroxyl groups excluding tert-OH is 1. The number of hydrogen-bond acceptors (Lipinski definition) is 6. The zero-order valence-electron chi connectivity index (χ0n) is 13.3. The molecular formula is C17H19N3O4. The Labute approximate surface area is 139 Å². The maximum absolute atomic E-state index is 11.4. The van der Waals surface area contributed by atoms with Crippen molar-refractivity contribution < 1.29 is 14.8 Å². The summed E-state index contributed by atoms with van der Waals surface area (Å²) in [5.74, 6) is -0.337. The van der Waals surface area contributed by atoms with Crippen molar-refractivity contribution in [2.24, 2.45) is 5.92 Å². The number of aliphatic hydroxyl groups is 1. The van der Waals surface area contributed by atoms with Crippen molar-refractivity contribution >= 4 is 17.2 Å². The van der Waals surface area contributed by atoms with E-state index in [0.717, 1.165) is 5.56 Å². The molecule has 2 rings (SSSR count). The molecule has 0 aliphatic heterocycles. The topological polar surface area (TPSA) is 105 Å². The molecule has 24 heavy (non-hydrogen) atoms. The van der Waals surface area contributed by atoms with Gasteiger partial charge in [0, 0.05) is 43.1 Å². The van der Waals surface area contributed by atoms with E-state index in [1.54, 1.807) is 18.5 Å².